The summed E-state index contributed by atoms with van der Waals surface area (Å²) in [5, 5.41) is 1.09. The van der Waals surface area contributed by atoms with Gasteiger partial charge in [0, 0.05) is 28.9 Å². The quantitative estimate of drug-likeness (QED) is 0.894. The summed E-state index contributed by atoms with van der Waals surface area (Å²) in [6.07, 6.45) is 3.01. The maximum absolute atomic E-state index is 11.9. The third kappa shape index (κ3) is 3.44. The zero-order valence-electron chi connectivity index (χ0n) is 9.46. The van der Waals surface area contributed by atoms with Crippen LogP contribution in [0.25, 0.3) is 0 Å². The third-order valence-electron chi connectivity index (χ3n) is 3.13. The lowest BCUT2D eigenvalue weighted by Crippen LogP contribution is -2.26. The molecular formula is C13H15Cl2NO. The maximum Gasteiger partial charge on any atom is 0.138 e. The molecule has 2 rings (SSSR count). The molecule has 1 fully saturated rings. The number of benzene rings is 1. The van der Waals surface area contributed by atoms with Crippen LogP contribution in [0.4, 0.5) is 0 Å². The van der Waals surface area contributed by atoms with E-state index < -0.39 is 0 Å². The fourth-order valence-corrected chi connectivity index (χ4v) is 2.46. The molecule has 0 amide bonds. The zero-order chi connectivity index (χ0) is 12.4. The number of carbonyl (C=O) groups excluding carboxylic acids is 1. The van der Waals surface area contributed by atoms with Crippen molar-refractivity contribution in [3.63, 3.8) is 0 Å². The lowest BCUT2D eigenvalue weighted by atomic mass is 10.0. The van der Waals surface area contributed by atoms with E-state index in [0.717, 1.165) is 12.8 Å². The van der Waals surface area contributed by atoms with E-state index >= 15 is 0 Å². The van der Waals surface area contributed by atoms with Crippen molar-refractivity contribution in [3.05, 3.63) is 33.8 Å². The van der Waals surface area contributed by atoms with Gasteiger partial charge < -0.3 is 5.73 Å². The van der Waals surface area contributed by atoms with Crippen molar-refractivity contribution in [1.82, 2.24) is 0 Å². The molecule has 2 nitrogen and oxygen atoms in total. The van der Waals surface area contributed by atoms with Gasteiger partial charge in [0.05, 0.1) is 0 Å². The normalized spacial score (nSPS) is 16.9. The van der Waals surface area contributed by atoms with E-state index in [0.29, 0.717) is 27.9 Å². The Bertz CT molecular complexity index is 409. The van der Waals surface area contributed by atoms with Crippen molar-refractivity contribution < 1.29 is 4.79 Å². The first kappa shape index (κ1) is 12.9. The summed E-state index contributed by atoms with van der Waals surface area (Å²) in [4.78, 5) is 11.9. The van der Waals surface area contributed by atoms with E-state index in [2.05, 4.69) is 0 Å². The molecule has 1 aliphatic carbocycles. The van der Waals surface area contributed by atoms with Gasteiger partial charge in [0.25, 0.3) is 0 Å². The van der Waals surface area contributed by atoms with Gasteiger partial charge in [-0.3, -0.25) is 4.79 Å². The summed E-state index contributed by atoms with van der Waals surface area (Å²) in [6, 6.07) is 5.27. The highest BCUT2D eigenvalue weighted by Gasteiger charge is 2.29. The zero-order valence-corrected chi connectivity index (χ0v) is 11.0. The number of halogens is 2. The van der Waals surface area contributed by atoms with Gasteiger partial charge in [-0.2, -0.15) is 0 Å². The van der Waals surface area contributed by atoms with Gasteiger partial charge in [0.15, 0.2) is 0 Å². The Morgan fingerprint density at radius 2 is 1.94 bits per heavy atom. The monoisotopic (exact) mass is 271 g/mol. The average molecular weight is 272 g/mol. The molecular weight excluding hydrogens is 257 g/mol. The Morgan fingerprint density at radius 1 is 1.35 bits per heavy atom. The fourth-order valence-electron chi connectivity index (χ4n) is 1.92. The molecule has 0 spiro atoms. The number of ketones is 1. The van der Waals surface area contributed by atoms with Gasteiger partial charge in [-0.25, -0.2) is 0 Å². The number of hydrogen-bond donors (Lipinski definition) is 1. The maximum atomic E-state index is 11.9. The Morgan fingerprint density at radius 3 is 2.47 bits per heavy atom. The van der Waals surface area contributed by atoms with Crippen LogP contribution in [0, 0.1) is 5.92 Å². The van der Waals surface area contributed by atoms with Crippen molar-refractivity contribution in [2.45, 2.75) is 31.7 Å². The topological polar surface area (TPSA) is 43.1 Å². The molecule has 0 bridgehead atoms. The third-order valence-corrected chi connectivity index (χ3v) is 3.83. The van der Waals surface area contributed by atoms with Crippen molar-refractivity contribution in [2.24, 2.45) is 11.7 Å². The number of Topliss-reactive ketones (excluding diaryl/α,β-unsaturated/α-hetero) is 1. The molecule has 0 radical (unpaired) electrons. The van der Waals surface area contributed by atoms with Crippen LogP contribution >= 0.6 is 23.2 Å². The lowest BCUT2D eigenvalue weighted by molar-refractivity contribution is -0.118. The highest BCUT2D eigenvalue weighted by molar-refractivity contribution is 6.36. The second kappa shape index (κ2) is 5.38. The fraction of sp³-hybridized carbons (Fsp3) is 0.462. The van der Waals surface area contributed by atoms with Crippen LogP contribution in [-0.4, -0.2) is 11.8 Å². The molecule has 1 unspecified atom stereocenters. The molecule has 92 valence electrons. The standard InChI is InChI=1S/C13H15Cl2NO/c14-11-2-1-3-12(15)10(11)6-9(17)7-13(16)8-4-5-8/h1-3,8,13H,4-7,16H2. The minimum absolute atomic E-state index is 0.00348. The Balaban J connectivity index is 1.97. The van der Waals surface area contributed by atoms with Crippen molar-refractivity contribution >= 4 is 29.0 Å². The predicted molar refractivity (Wildman–Crippen MR) is 70.5 cm³/mol. The number of nitrogens with two attached hydrogens (primary N) is 1. The summed E-state index contributed by atoms with van der Waals surface area (Å²) >= 11 is 12.0. The molecule has 0 heterocycles. The summed E-state index contributed by atoms with van der Waals surface area (Å²) in [5.41, 5.74) is 6.63. The largest absolute Gasteiger partial charge is 0.327 e. The van der Waals surface area contributed by atoms with E-state index in [4.69, 9.17) is 28.9 Å². The van der Waals surface area contributed by atoms with Gasteiger partial charge in [-0.15, -0.1) is 0 Å². The molecule has 17 heavy (non-hydrogen) atoms. The highest BCUT2D eigenvalue weighted by atomic mass is 35.5. The van der Waals surface area contributed by atoms with Crippen LogP contribution in [0.15, 0.2) is 18.2 Å². The SMILES string of the molecule is NC(CC(=O)Cc1c(Cl)cccc1Cl)C1CC1. The Labute approximate surface area is 111 Å². The molecule has 1 aromatic carbocycles. The number of hydrogen-bond acceptors (Lipinski definition) is 2. The van der Waals surface area contributed by atoms with Crippen LogP contribution in [0.2, 0.25) is 10.0 Å². The first-order chi connectivity index (χ1) is 8.08. The van der Waals surface area contributed by atoms with Gasteiger partial charge in [-0.05, 0) is 36.5 Å². The second-order valence-electron chi connectivity index (χ2n) is 4.62. The molecule has 0 saturated heterocycles. The summed E-state index contributed by atoms with van der Waals surface area (Å²) < 4.78 is 0. The smallest absolute Gasteiger partial charge is 0.138 e. The summed E-state index contributed by atoms with van der Waals surface area (Å²) in [5.74, 6) is 0.653. The van der Waals surface area contributed by atoms with Crippen LogP contribution in [0.3, 0.4) is 0 Å². The molecule has 1 aliphatic rings. The van der Waals surface area contributed by atoms with E-state index in [9.17, 15) is 4.79 Å². The van der Waals surface area contributed by atoms with Crippen molar-refractivity contribution in [2.75, 3.05) is 0 Å². The molecule has 1 saturated carbocycles. The highest BCUT2D eigenvalue weighted by Crippen LogP contribution is 2.33. The van der Waals surface area contributed by atoms with Gasteiger partial charge in [-0.1, -0.05) is 29.3 Å². The van der Waals surface area contributed by atoms with E-state index in [-0.39, 0.29) is 18.2 Å². The molecule has 4 heteroatoms. The van der Waals surface area contributed by atoms with Crippen LogP contribution in [0.1, 0.15) is 24.8 Å². The summed E-state index contributed by atoms with van der Waals surface area (Å²) in [6.45, 7) is 0. The molecule has 1 aromatic rings. The summed E-state index contributed by atoms with van der Waals surface area (Å²) in [7, 11) is 0. The minimum atomic E-state index is 0.00348. The molecule has 0 aromatic heterocycles. The van der Waals surface area contributed by atoms with E-state index in [1.165, 1.54) is 0 Å². The van der Waals surface area contributed by atoms with Crippen molar-refractivity contribution in [3.8, 4) is 0 Å². The average Bonchev–Trinajstić information content (AvgIpc) is 3.07. The van der Waals surface area contributed by atoms with Gasteiger partial charge in [0.2, 0.25) is 0 Å². The number of rotatable bonds is 5. The minimum Gasteiger partial charge on any atom is -0.327 e. The van der Waals surface area contributed by atoms with Gasteiger partial charge in [0.1, 0.15) is 5.78 Å². The van der Waals surface area contributed by atoms with E-state index in [1.54, 1.807) is 18.2 Å². The van der Waals surface area contributed by atoms with Gasteiger partial charge >= 0.3 is 0 Å². The number of carbonyl (C=O) groups is 1. The Hall–Kier alpha value is -0.570. The first-order valence-corrected chi connectivity index (χ1v) is 6.53. The van der Waals surface area contributed by atoms with Crippen LogP contribution < -0.4 is 5.73 Å². The Kier molecular flexibility index (Phi) is 4.08. The van der Waals surface area contributed by atoms with Crippen molar-refractivity contribution in [1.29, 1.82) is 0 Å². The van der Waals surface area contributed by atoms with E-state index in [1.807, 2.05) is 0 Å². The predicted octanol–water partition coefficient (Wildman–Crippen LogP) is 3.23. The lowest BCUT2D eigenvalue weighted by Gasteiger charge is -2.10. The van der Waals surface area contributed by atoms with Crippen LogP contribution in [-0.2, 0) is 11.2 Å². The first-order valence-electron chi connectivity index (χ1n) is 5.78. The second-order valence-corrected chi connectivity index (χ2v) is 5.44. The molecule has 2 N–H and O–H groups in total. The molecule has 0 aliphatic heterocycles. The molecule has 1 atom stereocenters. The van der Waals surface area contributed by atoms with Crippen LogP contribution in [0.5, 0.6) is 0 Å².